The Morgan fingerprint density at radius 1 is 1.00 bits per heavy atom. The molecule has 1 heterocycles. The Labute approximate surface area is 166 Å². The van der Waals surface area contributed by atoms with Crippen LogP contribution in [-0.4, -0.2) is 47.9 Å². The SMILES string of the molecule is O=C(O)CNC(=O)CNC(=O)[C@@H](Cc1ccccc1)NC(=O)/C=C/c1ccco1. The molecule has 9 heteroatoms. The third-order valence-corrected chi connectivity index (χ3v) is 3.72. The van der Waals surface area contributed by atoms with Gasteiger partial charge in [-0.05, 0) is 23.8 Å². The van der Waals surface area contributed by atoms with Crippen molar-refractivity contribution in [2.75, 3.05) is 13.1 Å². The lowest BCUT2D eigenvalue weighted by atomic mass is 10.1. The van der Waals surface area contributed by atoms with Gasteiger partial charge in [0, 0.05) is 12.5 Å². The molecular formula is C20H21N3O6. The van der Waals surface area contributed by atoms with Crippen molar-refractivity contribution >= 4 is 29.8 Å². The molecule has 4 N–H and O–H groups in total. The molecule has 1 aromatic heterocycles. The van der Waals surface area contributed by atoms with Gasteiger partial charge in [0.15, 0.2) is 0 Å². The largest absolute Gasteiger partial charge is 0.480 e. The number of carboxylic acids is 1. The zero-order valence-corrected chi connectivity index (χ0v) is 15.5. The molecule has 0 unspecified atom stereocenters. The van der Waals surface area contributed by atoms with Gasteiger partial charge in [-0.15, -0.1) is 0 Å². The highest BCUT2D eigenvalue weighted by atomic mass is 16.4. The van der Waals surface area contributed by atoms with E-state index in [4.69, 9.17) is 9.52 Å². The molecule has 0 aliphatic rings. The van der Waals surface area contributed by atoms with Crippen molar-refractivity contribution in [1.82, 2.24) is 16.0 Å². The molecule has 0 saturated carbocycles. The van der Waals surface area contributed by atoms with Crippen molar-refractivity contribution in [1.29, 1.82) is 0 Å². The summed E-state index contributed by atoms with van der Waals surface area (Å²) < 4.78 is 5.10. The van der Waals surface area contributed by atoms with E-state index in [1.54, 1.807) is 12.1 Å². The second-order valence-corrected chi connectivity index (χ2v) is 5.99. The Morgan fingerprint density at radius 2 is 1.76 bits per heavy atom. The van der Waals surface area contributed by atoms with Crippen LogP contribution in [0.15, 0.2) is 59.2 Å². The van der Waals surface area contributed by atoms with E-state index >= 15 is 0 Å². The average Bonchev–Trinajstić information content (AvgIpc) is 3.23. The van der Waals surface area contributed by atoms with Gasteiger partial charge in [-0.25, -0.2) is 0 Å². The molecule has 3 amide bonds. The first-order valence-corrected chi connectivity index (χ1v) is 8.76. The van der Waals surface area contributed by atoms with Crippen LogP contribution in [0.2, 0.25) is 0 Å². The summed E-state index contributed by atoms with van der Waals surface area (Å²) >= 11 is 0. The van der Waals surface area contributed by atoms with Crippen molar-refractivity contribution in [2.24, 2.45) is 0 Å². The highest BCUT2D eigenvalue weighted by Crippen LogP contribution is 2.05. The van der Waals surface area contributed by atoms with Crippen molar-refractivity contribution in [3.05, 3.63) is 66.1 Å². The third-order valence-electron chi connectivity index (χ3n) is 3.72. The number of aliphatic carboxylic acids is 1. The fourth-order valence-corrected chi connectivity index (χ4v) is 2.35. The second-order valence-electron chi connectivity index (χ2n) is 5.99. The van der Waals surface area contributed by atoms with Gasteiger partial charge in [-0.1, -0.05) is 30.3 Å². The van der Waals surface area contributed by atoms with Crippen LogP contribution in [0, 0.1) is 0 Å². The first kappa shape index (κ1) is 21.4. The predicted octanol–water partition coefficient (Wildman–Crippen LogP) is 0.337. The fourth-order valence-electron chi connectivity index (χ4n) is 2.35. The summed E-state index contributed by atoms with van der Waals surface area (Å²) in [7, 11) is 0. The molecule has 152 valence electrons. The van der Waals surface area contributed by atoms with Crippen LogP contribution in [0.5, 0.6) is 0 Å². The summed E-state index contributed by atoms with van der Waals surface area (Å²) in [6, 6.07) is 11.5. The van der Waals surface area contributed by atoms with Gasteiger partial charge < -0.3 is 25.5 Å². The molecule has 1 aromatic carbocycles. The van der Waals surface area contributed by atoms with E-state index in [1.807, 2.05) is 30.3 Å². The number of benzene rings is 1. The molecule has 29 heavy (non-hydrogen) atoms. The molecule has 0 aliphatic carbocycles. The maximum Gasteiger partial charge on any atom is 0.322 e. The Hall–Kier alpha value is -3.88. The summed E-state index contributed by atoms with van der Waals surface area (Å²) in [5.74, 6) is -2.43. The van der Waals surface area contributed by atoms with E-state index in [0.717, 1.165) is 5.56 Å². The number of amides is 3. The molecule has 0 saturated heterocycles. The minimum atomic E-state index is -1.19. The van der Waals surface area contributed by atoms with Crippen LogP contribution in [0.25, 0.3) is 6.08 Å². The molecule has 0 aliphatic heterocycles. The normalized spacial score (nSPS) is 11.6. The first-order valence-electron chi connectivity index (χ1n) is 8.76. The lowest BCUT2D eigenvalue weighted by Gasteiger charge is -2.17. The number of hydrogen-bond donors (Lipinski definition) is 4. The molecule has 0 radical (unpaired) electrons. The molecule has 2 aromatic rings. The Morgan fingerprint density at radius 3 is 2.41 bits per heavy atom. The molecular weight excluding hydrogens is 378 g/mol. The highest BCUT2D eigenvalue weighted by molar-refractivity contribution is 5.96. The van der Waals surface area contributed by atoms with E-state index in [9.17, 15) is 19.2 Å². The van der Waals surface area contributed by atoms with Gasteiger partial charge in [0.2, 0.25) is 17.7 Å². The van der Waals surface area contributed by atoms with E-state index in [1.165, 1.54) is 18.4 Å². The highest BCUT2D eigenvalue weighted by Gasteiger charge is 2.21. The summed E-state index contributed by atoms with van der Waals surface area (Å²) in [6.45, 7) is -0.952. The minimum absolute atomic E-state index is 0.212. The quantitative estimate of drug-likeness (QED) is 0.425. The lowest BCUT2D eigenvalue weighted by Crippen LogP contribution is -2.50. The zero-order valence-electron chi connectivity index (χ0n) is 15.5. The van der Waals surface area contributed by atoms with Gasteiger partial charge in [0.05, 0.1) is 12.8 Å². The maximum atomic E-state index is 12.5. The summed E-state index contributed by atoms with van der Waals surface area (Å²) in [4.78, 5) is 46.7. The molecule has 1 atom stereocenters. The number of rotatable bonds is 10. The number of carbonyl (C=O) groups excluding carboxylic acids is 3. The number of nitrogens with one attached hydrogen (secondary N) is 3. The van der Waals surface area contributed by atoms with Crippen LogP contribution >= 0.6 is 0 Å². The van der Waals surface area contributed by atoms with Crippen molar-refractivity contribution in [2.45, 2.75) is 12.5 Å². The third kappa shape index (κ3) is 8.12. The summed E-state index contributed by atoms with van der Waals surface area (Å²) in [5.41, 5.74) is 0.818. The predicted molar refractivity (Wildman–Crippen MR) is 103 cm³/mol. The monoisotopic (exact) mass is 399 g/mol. The molecule has 0 spiro atoms. The van der Waals surface area contributed by atoms with Crippen LogP contribution < -0.4 is 16.0 Å². The van der Waals surface area contributed by atoms with Crippen LogP contribution in [-0.2, 0) is 25.6 Å². The topological polar surface area (TPSA) is 138 Å². The second kappa shape index (κ2) is 11.1. The maximum absolute atomic E-state index is 12.5. The Balaban J connectivity index is 1.97. The minimum Gasteiger partial charge on any atom is -0.480 e. The summed E-state index contributed by atoms with van der Waals surface area (Å²) in [6.07, 6.45) is 4.39. The van der Waals surface area contributed by atoms with Crippen molar-refractivity contribution in [3.8, 4) is 0 Å². The van der Waals surface area contributed by atoms with Crippen molar-refractivity contribution < 1.29 is 28.7 Å². The van der Waals surface area contributed by atoms with Gasteiger partial charge >= 0.3 is 5.97 Å². The Kier molecular flexibility index (Phi) is 8.18. The summed E-state index contributed by atoms with van der Waals surface area (Å²) in [5, 5.41) is 15.7. The van der Waals surface area contributed by atoms with Crippen LogP contribution in [0.1, 0.15) is 11.3 Å². The van der Waals surface area contributed by atoms with E-state index in [0.29, 0.717) is 5.76 Å². The van der Waals surface area contributed by atoms with Crippen LogP contribution in [0.3, 0.4) is 0 Å². The van der Waals surface area contributed by atoms with Gasteiger partial charge in [-0.3, -0.25) is 19.2 Å². The number of hydrogen-bond acceptors (Lipinski definition) is 5. The molecule has 9 nitrogen and oxygen atoms in total. The lowest BCUT2D eigenvalue weighted by molar-refractivity contribution is -0.137. The molecule has 2 rings (SSSR count). The number of furan rings is 1. The average molecular weight is 399 g/mol. The Bertz CT molecular complexity index is 862. The zero-order chi connectivity index (χ0) is 21.1. The first-order chi connectivity index (χ1) is 13.9. The van der Waals surface area contributed by atoms with E-state index in [-0.39, 0.29) is 6.42 Å². The van der Waals surface area contributed by atoms with E-state index < -0.39 is 42.8 Å². The van der Waals surface area contributed by atoms with Crippen molar-refractivity contribution in [3.63, 3.8) is 0 Å². The smallest absolute Gasteiger partial charge is 0.322 e. The van der Waals surface area contributed by atoms with Gasteiger partial charge in [-0.2, -0.15) is 0 Å². The van der Waals surface area contributed by atoms with Crippen LogP contribution in [0.4, 0.5) is 0 Å². The molecule has 0 bridgehead atoms. The molecule has 0 fully saturated rings. The van der Waals surface area contributed by atoms with E-state index in [2.05, 4.69) is 16.0 Å². The fraction of sp³-hybridized carbons (Fsp3) is 0.200. The van der Waals surface area contributed by atoms with Gasteiger partial charge in [0.25, 0.3) is 0 Å². The van der Waals surface area contributed by atoms with Gasteiger partial charge in [0.1, 0.15) is 18.3 Å². The number of carboxylic acid groups (broad SMARTS) is 1. The standard InChI is InChI=1S/C20H21N3O6/c24-17(9-8-15-7-4-10-29-15)23-16(11-14-5-2-1-3-6-14)20(28)22-12-18(25)21-13-19(26)27/h1-10,16H,11-13H2,(H,21,25)(H,22,28)(H,23,24)(H,26,27)/b9-8+/t16-/m1/s1. The number of carbonyl (C=O) groups is 4.